The Bertz CT molecular complexity index is 1200. The number of hydrogen-bond donors (Lipinski definition) is 2. The van der Waals surface area contributed by atoms with Crippen molar-refractivity contribution in [2.75, 3.05) is 7.11 Å². The van der Waals surface area contributed by atoms with Crippen molar-refractivity contribution >= 4 is 27.7 Å². The van der Waals surface area contributed by atoms with Gasteiger partial charge in [-0.3, -0.25) is 4.79 Å². The van der Waals surface area contributed by atoms with Crippen LogP contribution in [0.25, 0.3) is 21.8 Å². The summed E-state index contributed by atoms with van der Waals surface area (Å²) >= 11 is 0. The van der Waals surface area contributed by atoms with Gasteiger partial charge in [0, 0.05) is 40.9 Å². The van der Waals surface area contributed by atoms with Gasteiger partial charge in [-0.05, 0) is 66.6 Å². The lowest BCUT2D eigenvalue weighted by Gasteiger charge is -2.24. The molecule has 1 atom stereocenters. The standard InChI is InChI=1S/C23H23N3O2/c1-26-11-10-14-6-7-15(12-21(14)26)23(27)25-20-5-3-4-17-18-13-16(28-2)8-9-19(18)24-22(17)20/h6-13,20,24H,3-5H2,1-2H3,(H,25,27)/t20-/m1/s1. The molecule has 0 saturated carbocycles. The molecule has 0 radical (unpaired) electrons. The van der Waals surface area contributed by atoms with Crippen molar-refractivity contribution in [3.05, 3.63) is 65.5 Å². The minimum Gasteiger partial charge on any atom is -0.497 e. The third-order valence-electron chi connectivity index (χ3n) is 5.87. The van der Waals surface area contributed by atoms with E-state index in [0.29, 0.717) is 5.56 Å². The number of benzene rings is 2. The number of nitrogens with zero attached hydrogens (tertiary/aromatic N) is 1. The number of amides is 1. The molecule has 28 heavy (non-hydrogen) atoms. The van der Waals surface area contributed by atoms with Crippen molar-refractivity contribution in [3.63, 3.8) is 0 Å². The van der Waals surface area contributed by atoms with Crippen LogP contribution in [0, 0.1) is 0 Å². The minimum absolute atomic E-state index is 0.00115. The number of ether oxygens (including phenoxy) is 1. The zero-order valence-electron chi connectivity index (χ0n) is 16.1. The molecule has 2 N–H and O–H groups in total. The Kier molecular flexibility index (Phi) is 3.90. The van der Waals surface area contributed by atoms with E-state index < -0.39 is 0 Å². The molecule has 142 valence electrons. The first kappa shape index (κ1) is 16.9. The summed E-state index contributed by atoms with van der Waals surface area (Å²) in [6.45, 7) is 0. The van der Waals surface area contributed by atoms with Crippen LogP contribution < -0.4 is 10.1 Å². The lowest BCUT2D eigenvalue weighted by molar-refractivity contribution is 0.0932. The monoisotopic (exact) mass is 373 g/mol. The predicted octanol–water partition coefficient (Wildman–Crippen LogP) is 4.48. The molecule has 0 saturated heterocycles. The van der Waals surface area contributed by atoms with Crippen molar-refractivity contribution in [2.24, 2.45) is 7.05 Å². The Labute approximate surface area is 163 Å². The van der Waals surface area contributed by atoms with E-state index in [1.807, 2.05) is 42.1 Å². The van der Waals surface area contributed by atoms with Crippen LogP contribution >= 0.6 is 0 Å². The number of carbonyl (C=O) groups is 1. The summed E-state index contributed by atoms with van der Waals surface area (Å²) in [5.41, 5.74) is 5.28. The zero-order valence-corrected chi connectivity index (χ0v) is 16.1. The molecule has 0 unspecified atom stereocenters. The van der Waals surface area contributed by atoms with Gasteiger partial charge in [0.15, 0.2) is 0 Å². The van der Waals surface area contributed by atoms with Crippen LogP contribution in [0.4, 0.5) is 0 Å². The molecule has 5 rings (SSSR count). The summed E-state index contributed by atoms with van der Waals surface area (Å²) < 4.78 is 7.42. The number of aromatic amines is 1. The Balaban J connectivity index is 1.47. The van der Waals surface area contributed by atoms with Gasteiger partial charge in [-0.1, -0.05) is 6.07 Å². The fourth-order valence-electron chi connectivity index (χ4n) is 4.36. The minimum atomic E-state index is -0.0304. The second-order valence-corrected chi connectivity index (χ2v) is 7.55. The average molecular weight is 373 g/mol. The summed E-state index contributed by atoms with van der Waals surface area (Å²) in [6, 6.07) is 14.0. The van der Waals surface area contributed by atoms with E-state index in [9.17, 15) is 4.79 Å². The molecule has 0 bridgehead atoms. The molecule has 2 heterocycles. The van der Waals surface area contributed by atoms with Crippen molar-refractivity contribution in [2.45, 2.75) is 25.3 Å². The molecule has 5 nitrogen and oxygen atoms in total. The summed E-state index contributed by atoms with van der Waals surface area (Å²) in [5, 5.41) is 5.58. The van der Waals surface area contributed by atoms with Gasteiger partial charge in [0.25, 0.3) is 5.91 Å². The lowest BCUT2D eigenvalue weighted by atomic mass is 9.91. The van der Waals surface area contributed by atoms with Crippen LogP contribution in [0.5, 0.6) is 5.75 Å². The van der Waals surface area contributed by atoms with Crippen LogP contribution in [-0.2, 0) is 13.5 Å². The number of nitrogens with one attached hydrogen (secondary N) is 2. The van der Waals surface area contributed by atoms with Gasteiger partial charge in [0.2, 0.25) is 0 Å². The highest BCUT2D eigenvalue weighted by Gasteiger charge is 2.26. The molecule has 1 amide bonds. The molecule has 0 aliphatic heterocycles. The Morgan fingerprint density at radius 1 is 1.21 bits per heavy atom. The first-order valence-corrected chi connectivity index (χ1v) is 9.68. The highest BCUT2D eigenvalue weighted by atomic mass is 16.5. The molecule has 4 aromatic rings. The topological polar surface area (TPSA) is 59.0 Å². The number of H-pyrrole nitrogens is 1. The van der Waals surface area contributed by atoms with Crippen molar-refractivity contribution in [1.29, 1.82) is 0 Å². The van der Waals surface area contributed by atoms with Gasteiger partial charge in [-0.25, -0.2) is 0 Å². The van der Waals surface area contributed by atoms with Crippen LogP contribution in [0.2, 0.25) is 0 Å². The maximum absolute atomic E-state index is 13.0. The van der Waals surface area contributed by atoms with E-state index in [1.54, 1.807) is 7.11 Å². The van der Waals surface area contributed by atoms with E-state index >= 15 is 0 Å². The quantitative estimate of drug-likeness (QED) is 0.556. The second kappa shape index (κ2) is 6.44. The SMILES string of the molecule is COc1ccc2[nH]c3c(c2c1)CCC[C@H]3NC(=O)c1ccc2ccn(C)c2c1. The van der Waals surface area contributed by atoms with Crippen LogP contribution in [0.15, 0.2) is 48.7 Å². The third-order valence-corrected chi connectivity index (χ3v) is 5.87. The second-order valence-electron chi connectivity index (χ2n) is 7.55. The molecule has 1 aliphatic carbocycles. The first-order valence-electron chi connectivity index (χ1n) is 9.68. The van der Waals surface area contributed by atoms with Gasteiger partial charge < -0.3 is 19.6 Å². The summed E-state index contributed by atoms with van der Waals surface area (Å²) in [4.78, 5) is 16.5. The number of hydrogen-bond acceptors (Lipinski definition) is 2. The van der Waals surface area contributed by atoms with E-state index in [0.717, 1.165) is 47.1 Å². The smallest absolute Gasteiger partial charge is 0.251 e. The number of fused-ring (bicyclic) bond motifs is 4. The van der Waals surface area contributed by atoms with Gasteiger partial charge in [0.05, 0.1) is 13.2 Å². The average Bonchev–Trinajstić information content (AvgIpc) is 3.28. The fraction of sp³-hybridized carbons (Fsp3) is 0.261. The van der Waals surface area contributed by atoms with Crippen LogP contribution in [-0.4, -0.2) is 22.6 Å². The number of aryl methyl sites for hydroxylation is 2. The van der Waals surface area contributed by atoms with Gasteiger partial charge >= 0.3 is 0 Å². The van der Waals surface area contributed by atoms with E-state index in [1.165, 1.54) is 10.9 Å². The first-order chi connectivity index (χ1) is 13.6. The molecule has 2 aromatic heterocycles. The highest BCUT2D eigenvalue weighted by molar-refractivity contribution is 5.98. The summed E-state index contributed by atoms with van der Waals surface area (Å²) in [6.07, 6.45) is 5.02. The van der Waals surface area contributed by atoms with Gasteiger partial charge in [-0.2, -0.15) is 0 Å². The van der Waals surface area contributed by atoms with E-state index in [4.69, 9.17) is 4.74 Å². The Morgan fingerprint density at radius 2 is 2.11 bits per heavy atom. The number of methoxy groups -OCH3 is 1. The molecule has 0 fully saturated rings. The van der Waals surface area contributed by atoms with Crippen molar-refractivity contribution < 1.29 is 9.53 Å². The molecular formula is C23H23N3O2. The van der Waals surface area contributed by atoms with E-state index in [2.05, 4.69) is 28.5 Å². The largest absolute Gasteiger partial charge is 0.497 e. The highest BCUT2D eigenvalue weighted by Crippen LogP contribution is 2.36. The van der Waals surface area contributed by atoms with Crippen molar-refractivity contribution in [3.8, 4) is 5.75 Å². The van der Waals surface area contributed by atoms with Crippen LogP contribution in [0.3, 0.4) is 0 Å². The Hall–Kier alpha value is -3.21. The van der Waals surface area contributed by atoms with Crippen molar-refractivity contribution in [1.82, 2.24) is 14.9 Å². The summed E-state index contributed by atoms with van der Waals surface area (Å²) in [7, 11) is 3.68. The summed E-state index contributed by atoms with van der Waals surface area (Å²) in [5.74, 6) is 0.827. The number of rotatable bonds is 3. The predicted molar refractivity (Wildman–Crippen MR) is 111 cm³/mol. The number of aromatic nitrogens is 2. The lowest BCUT2D eigenvalue weighted by Crippen LogP contribution is -2.31. The normalized spacial score (nSPS) is 16.3. The Morgan fingerprint density at radius 3 is 2.96 bits per heavy atom. The van der Waals surface area contributed by atoms with Gasteiger partial charge in [0.1, 0.15) is 5.75 Å². The third kappa shape index (κ3) is 2.66. The molecule has 1 aliphatic rings. The molecule has 5 heteroatoms. The maximum atomic E-state index is 13.0. The van der Waals surface area contributed by atoms with Crippen LogP contribution in [0.1, 0.15) is 40.5 Å². The van der Waals surface area contributed by atoms with E-state index in [-0.39, 0.29) is 11.9 Å². The molecule has 2 aromatic carbocycles. The zero-order chi connectivity index (χ0) is 19.3. The number of carbonyl (C=O) groups excluding carboxylic acids is 1. The fourth-order valence-corrected chi connectivity index (χ4v) is 4.36. The van der Waals surface area contributed by atoms with Gasteiger partial charge in [-0.15, -0.1) is 0 Å². The molecule has 0 spiro atoms. The maximum Gasteiger partial charge on any atom is 0.251 e. The molecular weight excluding hydrogens is 350 g/mol.